The molecule has 2 aliphatic rings. The van der Waals surface area contributed by atoms with Crippen molar-refractivity contribution in [2.24, 2.45) is 17.1 Å². The summed E-state index contributed by atoms with van der Waals surface area (Å²) < 4.78 is 0. The fraction of sp³-hybridized carbons (Fsp3) is 1.00. The molecule has 0 bridgehead atoms. The third-order valence-electron chi connectivity index (χ3n) is 4.04. The molecule has 2 fully saturated rings. The highest BCUT2D eigenvalue weighted by atomic mass is 16.3. The van der Waals surface area contributed by atoms with E-state index < -0.39 is 0 Å². The van der Waals surface area contributed by atoms with Crippen molar-refractivity contribution in [2.45, 2.75) is 51.0 Å². The zero-order valence-corrected chi connectivity index (χ0v) is 8.34. The second-order valence-corrected chi connectivity index (χ2v) is 4.97. The van der Waals surface area contributed by atoms with E-state index in [0.29, 0.717) is 6.54 Å². The molecule has 2 aliphatic carbocycles. The Morgan fingerprint density at radius 1 is 1.31 bits per heavy atom. The summed E-state index contributed by atoms with van der Waals surface area (Å²) in [6.45, 7) is 0.681. The van der Waals surface area contributed by atoms with Crippen LogP contribution in [-0.4, -0.2) is 17.8 Å². The molecule has 0 amide bonds. The summed E-state index contributed by atoms with van der Waals surface area (Å²) in [4.78, 5) is 0. The quantitative estimate of drug-likeness (QED) is 0.696. The van der Waals surface area contributed by atoms with Crippen LogP contribution in [0.25, 0.3) is 0 Å². The van der Waals surface area contributed by atoms with E-state index in [9.17, 15) is 5.11 Å². The maximum absolute atomic E-state index is 10.0. The van der Waals surface area contributed by atoms with E-state index in [-0.39, 0.29) is 11.5 Å². The standard InChI is InChI=1S/C11H21NO/c12-8-11(5-6-11)10(13)7-9-3-1-2-4-9/h9-10,13H,1-8,12H2. The van der Waals surface area contributed by atoms with Crippen molar-refractivity contribution >= 4 is 0 Å². The van der Waals surface area contributed by atoms with Gasteiger partial charge in [0, 0.05) is 12.0 Å². The number of hydrogen-bond donors (Lipinski definition) is 2. The van der Waals surface area contributed by atoms with Crippen LogP contribution in [0.1, 0.15) is 44.9 Å². The zero-order chi connectivity index (χ0) is 9.31. The normalized spacial score (nSPS) is 29.1. The lowest BCUT2D eigenvalue weighted by Gasteiger charge is -2.23. The predicted molar refractivity (Wildman–Crippen MR) is 53.3 cm³/mol. The van der Waals surface area contributed by atoms with E-state index in [1.807, 2.05) is 0 Å². The smallest absolute Gasteiger partial charge is 0.0611 e. The highest BCUT2D eigenvalue weighted by Gasteiger charge is 2.47. The van der Waals surface area contributed by atoms with Gasteiger partial charge in [0.15, 0.2) is 0 Å². The first kappa shape index (κ1) is 9.47. The summed E-state index contributed by atoms with van der Waals surface area (Å²) in [6, 6.07) is 0. The minimum atomic E-state index is -0.111. The minimum absolute atomic E-state index is 0.111. The van der Waals surface area contributed by atoms with Gasteiger partial charge >= 0.3 is 0 Å². The molecule has 1 atom stereocenters. The molecule has 0 aromatic heterocycles. The van der Waals surface area contributed by atoms with E-state index in [2.05, 4.69) is 0 Å². The van der Waals surface area contributed by atoms with Crippen LogP contribution < -0.4 is 5.73 Å². The predicted octanol–water partition coefficient (Wildman–Crippen LogP) is 1.67. The van der Waals surface area contributed by atoms with Gasteiger partial charge in [-0.2, -0.15) is 0 Å². The van der Waals surface area contributed by atoms with Gasteiger partial charge in [-0.3, -0.25) is 0 Å². The molecule has 13 heavy (non-hydrogen) atoms. The van der Waals surface area contributed by atoms with E-state index in [1.54, 1.807) is 0 Å². The molecule has 1 unspecified atom stereocenters. The third-order valence-corrected chi connectivity index (χ3v) is 4.04. The monoisotopic (exact) mass is 183 g/mol. The molecule has 0 spiro atoms. The molecule has 2 heteroatoms. The van der Waals surface area contributed by atoms with Crippen LogP contribution in [0.2, 0.25) is 0 Å². The highest BCUT2D eigenvalue weighted by molar-refractivity contribution is 5.00. The maximum atomic E-state index is 10.0. The highest BCUT2D eigenvalue weighted by Crippen LogP contribution is 2.50. The molecule has 0 radical (unpaired) electrons. The van der Waals surface area contributed by atoms with Gasteiger partial charge in [0.1, 0.15) is 0 Å². The van der Waals surface area contributed by atoms with Gasteiger partial charge in [-0.15, -0.1) is 0 Å². The lowest BCUT2D eigenvalue weighted by Crippen LogP contribution is -2.31. The van der Waals surface area contributed by atoms with Gasteiger partial charge in [0.2, 0.25) is 0 Å². The Morgan fingerprint density at radius 2 is 1.92 bits per heavy atom. The number of nitrogens with two attached hydrogens (primary N) is 1. The third kappa shape index (κ3) is 1.89. The molecule has 76 valence electrons. The van der Waals surface area contributed by atoms with Gasteiger partial charge in [0.05, 0.1) is 6.10 Å². The van der Waals surface area contributed by atoms with Crippen LogP contribution in [0.15, 0.2) is 0 Å². The molecule has 2 nitrogen and oxygen atoms in total. The fourth-order valence-electron chi connectivity index (χ4n) is 2.65. The number of hydrogen-bond acceptors (Lipinski definition) is 2. The van der Waals surface area contributed by atoms with E-state index >= 15 is 0 Å². The number of aliphatic hydroxyl groups is 1. The molecule has 0 heterocycles. The molecule has 0 aliphatic heterocycles. The first-order valence-electron chi connectivity index (χ1n) is 5.65. The molecular weight excluding hydrogens is 162 g/mol. The Labute approximate surface area is 80.5 Å². The van der Waals surface area contributed by atoms with Crippen LogP contribution in [0, 0.1) is 11.3 Å². The average molecular weight is 183 g/mol. The second kappa shape index (κ2) is 3.58. The summed E-state index contributed by atoms with van der Waals surface area (Å²) in [6.07, 6.45) is 8.60. The van der Waals surface area contributed by atoms with E-state index in [0.717, 1.165) is 25.2 Å². The second-order valence-electron chi connectivity index (χ2n) is 4.97. The van der Waals surface area contributed by atoms with Crippen molar-refractivity contribution in [3.05, 3.63) is 0 Å². The summed E-state index contributed by atoms with van der Waals surface area (Å²) in [5.74, 6) is 0.791. The maximum Gasteiger partial charge on any atom is 0.0611 e. The Hall–Kier alpha value is -0.0800. The average Bonchev–Trinajstić information content (AvgIpc) is 2.79. The topological polar surface area (TPSA) is 46.2 Å². The molecule has 0 aromatic carbocycles. The van der Waals surface area contributed by atoms with E-state index in [4.69, 9.17) is 5.73 Å². The Balaban J connectivity index is 1.80. The Kier molecular flexibility index (Phi) is 2.61. The minimum Gasteiger partial charge on any atom is -0.392 e. The van der Waals surface area contributed by atoms with E-state index in [1.165, 1.54) is 25.7 Å². The van der Waals surface area contributed by atoms with Gasteiger partial charge in [-0.1, -0.05) is 25.7 Å². The van der Waals surface area contributed by atoms with Crippen molar-refractivity contribution in [1.82, 2.24) is 0 Å². The molecule has 0 saturated heterocycles. The summed E-state index contributed by atoms with van der Waals surface area (Å²) in [5, 5.41) is 10.0. The van der Waals surface area contributed by atoms with Crippen molar-refractivity contribution in [1.29, 1.82) is 0 Å². The van der Waals surface area contributed by atoms with Gasteiger partial charge in [0.25, 0.3) is 0 Å². The van der Waals surface area contributed by atoms with Crippen molar-refractivity contribution in [2.75, 3.05) is 6.54 Å². The van der Waals surface area contributed by atoms with Crippen LogP contribution in [0.4, 0.5) is 0 Å². The first-order valence-corrected chi connectivity index (χ1v) is 5.65. The number of rotatable bonds is 4. The Bertz CT molecular complexity index is 171. The summed E-state index contributed by atoms with van der Waals surface area (Å²) in [7, 11) is 0. The SMILES string of the molecule is NCC1(C(O)CC2CCCC2)CC1. The molecule has 2 rings (SSSR count). The van der Waals surface area contributed by atoms with Crippen LogP contribution >= 0.6 is 0 Å². The van der Waals surface area contributed by atoms with Crippen LogP contribution in [0.3, 0.4) is 0 Å². The van der Waals surface area contributed by atoms with Crippen molar-refractivity contribution < 1.29 is 5.11 Å². The van der Waals surface area contributed by atoms with Crippen LogP contribution in [-0.2, 0) is 0 Å². The summed E-state index contributed by atoms with van der Waals surface area (Å²) >= 11 is 0. The first-order chi connectivity index (χ1) is 6.27. The lowest BCUT2D eigenvalue weighted by molar-refractivity contribution is 0.0725. The van der Waals surface area contributed by atoms with Crippen molar-refractivity contribution in [3.63, 3.8) is 0 Å². The van der Waals surface area contributed by atoms with Gasteiger partial charge in [-0.05, 0) is 25.2 Å². The Morgan fingerprint density at radius 3 is 2.38 bits per heavy atom. The molecule has 0 aromatic rings. The fourth-order valence-corrected chi connectivity index (χ4v) is 2.65. The molecular formula is C11H21NO. The molecule has 2 saturated carbocycles. The van der Waals surface area contributed by atoms with Gasteiger partial charge < -0.3 is 10.8 Å². The lowest BCUT2D eigenvalue weighted by atomic mass is 9.89. The zero-order valence-electron chi connectivity index (χ0n) is 8.34. The largest absolute Gasteiger partial charge is 0.392 e. The molecule has 3 N–H and O–H groups in total. The number of aliphatic hydroxyl groups excluding tert-OH is 1. The van der Waals surface area contributed by atoms with Gasteiger partial charge in [-0.25, -0.2) is 0 Å². The van der Waals surface area contributed by atoms with Crippen LogP contribution in [0.5, 0.6) is 0 Å². The van der Waals surface area contributed by atoms with Crippen molar-refractivity contribution in [3.8, 4) is 0 Å². The summed E-state index contributed by atoms with van der Waals surface area (Å²) in [5.41, 5.74) is 5.83.